The van der Waals surface area contributed by atoms with E-state index in [-0.39, 0.29) is 30.6 Å². The van der Waals surface area contributed by atoms with E-state index in [2.05, 4.69) is 17.4 Å². The van der Waals surface area contributed by atoms with E-state index in [1.54, 1.807) is 34.9 Å². The molecule has 3 aromatic rings. The molecule has 0 bridgehead atoms. The van der Waals surface area contributed by atoms with Gasteiger partial charge in [0, 0.05) is 43.0 Å². The highest BCUT2D eigenvalue weighted by Crippen LogP contribution is 2.19. The molecular weight excluding hydrogens is 447 g/mol. The molecule has 0 aliphatic carbocycles. The van der Waals surface area contributed by atoms with Gasteiger partial charge in [0.25, 0.3) is 0 Å². The fourth-order valence-corrected chi connectivity index (χ4v) is 4.61. The molecule has 0 fully saturated rings. The first-order valence-corrected chi connectivity index (χ1v) is 12.7. The van der Waals surface area contributed by atoms with Crippen LogP contribution in [0.3, 0.4) is 0 Å². The second-order valence-electron chi connectivity index (χ2n) is 8.00. The standard InChI is InChI=1S/C28H31FN2O2S/c1-2-30-28(33)26(19-22-11-5-3-6-12-22)31(20-24-15-9-10-16-25(24)29)27(32)17-18-34-21-23-13-7-4-8-14-23/h3-16,26H,2,17-21H2,1H3,(H,30,33)/t26-/m0/s1. The Morgan fingerprint density at radius 2 is 1.53 bits per heavy atom. The maximum Gasteiger partial charge on any atom is 0.243 e. The number of thioether (sulfide) groups is 1. The largest absolute Gasteiger partial charge is 0.355 e. The van der Waals surface area contributed by atoms with Crippen LogP contribution in [0.4, 0.5) is 4.39 Å². The second kappa shape index (κ2) is 13.6. The second-order valence-corrected chi connectivity index (χ2v) is 9.11. The minimum absolute atomic E-state index is 0.0451. The van der Waals surface area contributed by atoms with Crippen molar-refractivity contribution in [1.82, 2.24) is 10.2 Å². The predicted molar refractivity (Wildman–Crippen MR) is 137 cm³/mol. The van der Waals surface area contributed by atoms with Crippen LogP contribution >= 0.6 is 11.8 Å². The van der Waals surface area contributed by atoms with Crippen molar-refractivity contribution in [2.45, 2.75) is 38.1 Å². The van der Waals surface area contributed by atoms with Crippen LogP contribution in [0.1, 0.15) is 30.0 Å². The van der Waals surface area contributed by atoms with E-state index in [0.29, 0.717) is 24.3 Å². The zero-order valence-corrected chi connectivity index (χ0v) is 20.3. The Kier molecular flexibility index (Phi) is 10.2. The summed E-state index contributed by atoms with van der Waals surface area (Å²) in [6.07, 6.45) is 0.640. The molecule has 0 unspecified atom stereocenters. The number of nitrogens with zero attached hydrogens (tertiary/aromatic N) is 1. The number of rotatable bonds is 12. The summed E-state index contributed by atoms with van der Waals surface area (Å²) in [5.74, 6) is 0.664. The molecule has 0 spiro atoms. The van der Waals surface area contributed by atoms with E-state index < -0.39 is 6.04 Å². The van der Waals surface area contributed by atoms with E-state index in [0.717, 1.165) is 11.3 Å². The lowest BCUT2D eigenvalue weighted by molar-refractivity contribution is -0.141. The summed E-state index contributed by atoms with van der Waals surface area (Å²) in [5, 5.41) is 2.86. The van der Waals surface area contributed by atoms with E-state index in [9.17, 15) is 14.0 Å². The quantitative estimate of drug-likeness (QED) is 0.363. The van der Waals surface area contributed by atoms with E-state index in [4.69, 9.17) is 0 Å². The summed E-state index contributed by atoms with van der Waals surface area (Å²) in [6.45, 7) is 2.35. The van der Waals surface area contributed by atoms with Crippen LogP contribution in [0.5, 0.6) is 0 Å². The third-order valence-electron chi connectivity index (χ3n) is 5.49. The molecule has 4 nitrogen and oxygen atoms in total. The zero-order chi connectivity index (χ0) is 24.2. The molecule has 3 rings (SSSR count). The van der Waals surface area contributed by atoms with Crippen LogP contribution in [0.25, 0.3) is 0 Å². The lowest BCUT2D eigenvalue weighted by Crippen LogP contribution is -2.50. The van der Waals surface area contributed by atoms with E-state index in [1.165, 1.54) is 11.6 Å². The normalized spacial score (nSPS) is 11.6. The Morgan fingerprint density at radius 3 is 2.18 bits per heavy atom. The topological polar surface area (TPSA) is 49.4 Å². The van der Waals surface area contributed by atoms with Gasteiger partial charge in [-0.15, -0.1) is 0 Å². The molecule has 1 atom stereocenters. The highest BCUT2D eigenvalue weighted by atomic mass is 32.2. The number of hydrogen-bond acceptors (Lipinski definition) is 3. The molecule has 178 valence electrons. The summed E-state index contributed by atoms with van der Waals surface area (Å²) in [7, 11) is 0. The SMILES string of the molecule is CCNC(=O)[C@H](Cc1ccccc1)N(Cc1ccccc1F)C(=O)CCSCc1ccccc1. The lowest BCUT2D eigenvalue weighted by Gasteiger charge is -2.31. The molecule has 0 saturated heterocycles. The van der Waals surface area contributed by atoms with Gasteiger partial charge in [-0.05, 0) is 24.1 Å². The Bertz CT molecular complexity index is 1050. The van der Waals surface area contributed by atoms with Crippen LogP contribution in [0.2, 0.25) is 0 Å². The van der Waals surface area contributed by atoms with Crippen LogP contribution in [-0.4, -0.2) is 35.1 Å². The highest BCUT2D eigenvalue weighted by Gasteiger charge is 2.30. The summed E-state index contributed by atoms with van der Waals surface area (Å²) < 4.78 is 14.5. The van der Waals surface area contributed by atoms with Gasteiger partial charge in [0.05, 0.1) is 0 Å². The van der Waals surface area contributed by atoms with Crippen molar-refractivity contribution in [3.63, 3.8) is 0 Å². The van der Waals surface area contributed by atoms with Crippen molar-refractivity contribution < 1.29 is 14.0 Å². The first kappa shape index (κ1) is 25.5. The van der Waals surface area contributed by atoms with E-state index in [1.807, 2.05) is 55.5 Å². The average Bonchev–Trinajstić information content (AvgIpc) is 2.86. The van der Waals surface area contributed by atoms with Crippen LogP contribution < -0.4 is 5.32 Å². The van der Waals surface area contributed by atoms with Gasteiger partial charge in [0.15, 0.2) is 0 Å². The fraction of sp³-hybridized carbons (Fsp3) is 0.286. The number of amides is 2. The molecule has 0 aliphatic rings. The predicted octanol–water partition coefficient (Wildman–Crippen LogP) is 5.23. The minimum Gasteiger partial charge on any atom is -0.355 e. The smallest absolute Gasteiger partial charge is 0.243 e. The van der Waals surface area contributed by atoms with Gasteiger partial charge in [0.1, 0.15) is 11.9 Å². The van der Waals surface area contributed by atoms with Crippen molar-refractivity contribution in [1.29, 1.82) is 0 Å². The maximum atomic E-state index is 14.5. The molecule has 3 aromatic carbocycles. The van der Waals surface area contributed by atoms with Crippen molar-refractivity contribution in [3.05, 3.63) is 107 Å². The Labute approximate surface area is 205 Å². The van der Waals surface area contributed by atoms with Crippen molar-refractivity contribution >= 4 is 23.6 Å². The van der Waals surface area contributed by atoms with Gasteiger partial charge >= 0.3 is 0 Å². The average molecular weight is 479 g/mol. The number of carbonyl (C=O) groups is 2. The van der Waals surface area contributed by atoms with Gasteiger partial charge < -0.3 is 10.2 Å². The number of likely N-dealkylation sites (N-methyl/N-ethyl adjacent to an activating group) is 1. The number of hydrogen-bond donors (Lipinski definition) is 1. The third-order valence-corrected chi connectivity index (χ3v) is 6.52. The molecule has 0 radical (unpaired) electrons. The first-order valence-electron chi connectivity index (χ1n) is 11.5. The van der Waals surface area contributed by atoms with Crippen LogP contribution in [0, 0.1) is 5.82 Å². The molecule has 0 heterocycles. The number of nitrogens with one attached hydrogen (secondary N) is 1. The van der Waals surface area contributed by atoms with Gasteiger partial charge in [-0.25, -0.2) is 4.39 Å². The number of benzene rings is 3. The summed E-state index contributed by atoms with van der Waals surface area (Å²) >= 11 is 1.67. The minimum atomic E-state index is -0.728. The summed E-state index contributed by atoms with van der Waals surface area (Å²) in [6, 6.07) is 25.4. The Balaban J connectivity index is 1.78. The Hall–Kier alpha value is -3.12. The van der Waals surface area contributed by atoms with Crippen LogP contribution in [-0.2, 0) is 28.3 Å². The molecular formula is C28H31FN2O2S. The molecule has 2 amide bonds. The molecule has 0 saturated carbocycles. The lowest BCUT2D eigenvalue weighted by atomic mass is 10.0. The van der Waals surface area contributed by atoms with Gasteiger partial charge in [-0.2, -0.15) is 11.8 Å². The number of carbonyl (C=O) groups excluding carboxylic acids is 2. The highest BCUT2D eigenvalue weighted by molar-refractivity contribution is 7.98. The molecule has 1 N–H and O–H groups in total. The monoisotopic (exact) mass is 478 g/mol. The fourth-order valence-electron chi connectivity index (χ4n) is 3.72. The van der Waals surface area contributed by atoms with Gasteiger partial charge in [-0.1, -0.05) is 78.9 Å². The van der Waals surface area contributed by atoms with Crippen molar-refractivity contribution in [2.75, 3.05) is 12.3 Å². The summed E-state index contributed by atoms with van der Waals surface area (Å²) in [5.41, 5.74) is 2.55. The zero-order valence-electron chi connectivity index (χ0n) is 19.5. The maximum absolute atomic E-state index is 14.5. The van der Waals surface area contributed by atoms with E-state index >= 15 is 0 Å². The molecule has 34 heavy (non-hydrogen) atoms. The molecule has 0 aromatic heterocycles. The van der Waals surface area contributed by atoms with Gasteiger partial charge in [0.2, 0.25) is 11.8 Å². The summed E-state index contributed by atoms with van der Waals surface area (Å²) in [4.78, 5) is 28.0. The third kappa shape index (κ3) is 7.73. The van der Waals surface area contributed by atoms with Gasteiger partial charge in [-0.3, -0.25) is 9.59 Å². The molecule has 0 aliphatic heterocycles. The van der Waals surface area contributed by atoms with Crippen LogP contribution in [0.15, 0.2) is 84.9 Å². The van der Waals surface area contributed by atoms with Crippen molar-refractivity contribution in [3.8, 4) is 0 Å². The number of halogens is 1. The Morgan fingerprint density at radius 1 is 0.912 bits per heavy atom. The molecule has 6 heteroatoms. The van der Waals surface area contributed by atoms with Crippen molar-refractivity contribution in [2.24, 2.45) is 0 Å². The first-order chi connectivity index (χ1) is 16.6.